The maximum absolute atomic E-state index is 12.8. The summed E-state index contributed by atoms with van der Waals surface area (Å²) < 4.78 is 34.1. The highest BCUT2D eigenvalue weighted by Crippen LogP contribution is 2.45. The molecule has 2 N–H and O–H groups in total. The van der Waals surface area contributed by atoms with E-state index in [-0.39, 0.29) is 23.8 Å². The van der Waals surface area contributed by atoms with Gasteiger partial charge in [0.2, 0.25) is 12.0 Å². The molecule has 0 aliphatic carbocycles. The Bertz CT molecular complexity index is 1460. The van der Waals surface area contributed by atoms with Crippen LogP contribution in [0.3, 0.4) is 0 Å². The van der Waals surface area contributed by atoms with Crippen LogP contribution in [0.1, 0.15) is 36.8 Å². The van der Waals surface area contributed by atoms with Gasteiger partial charge in [0.05, 0.1) is 19.6 Å². The molecular weight excluding hydrogens is 500 g/mol. The fourth-order valence-corrected chi connectivity index (χ4v) is 4.47. The molecule has 5 rings (SSSR count). The van der Waals surface area contributed by atoms with Gasteiger partial charge in [0, 0.05) is 11.6 Å². The second-order valence-electron chi connectivity index (χ2n) is 9.02. The van der Waals surface area contributed by atoms with Gasteiger partial charge < -0.3 is 34.2 Å². The second-order valence-corrected chi connectivity index (χ2v) is 9.02. The first-order valence-electron chi connectivity index (χ1n) is 12.6. The molecule has 2 heterocycles. The largest absolute Gasteiger partial charge is 0.493 e. The van der Waals surface area contributed by atoms with Crippen molar-refractivity contribution in [2.24, 2.45) is 5.73 Å². The zero-order valence-corrected chi connectivity index (χ0v) is 21.6. The predicted octanol–water partition coefficient (Wildman–Crippen LogP) is 4.84. The van der Waals surface area contributed by atoms with Crippen LogP contribution in [-0.4, -0.2) is 32.4 Å². The highest BCUT2D eigenvalue weighted by molar-refractivity contribution is 5.78. The number of ether oxygens (including phenoxy) is 6. The number of nitrogens with zero attached hydrogens (tertiary/aromatic N) is 1. The van der Waals surface area contributed by atoms with Crippen LogP contribution in [0.5, 0.6) is 34.5 Å². The van der Waals surface area contributed by atoms with Crippen LogP contribution in [0, 0.1) is 11.3 Å². The molecule has 9 nitrogen and oxygen atoms in total. The summed E-state index contributed by atoms with van der Waals surface area (Å²) in [4.78, 5) is 12.8. The Morgan fingerprint density at radius 2 is 1.90 bits per heavy atom. The van der Waals surface area contributed by atoms with E-state index in [1.807, 2.05) is 24.3 Å². The molecule has 0 saturated carbocycles. The summed E-state index contributed by atoms with van der Waals surface area (Å²) in [7, 11) is 1.57. The molecule has 200 valence electrons. The van der Waals surface area contributed by atoms with Crippen LogP contribution in [0.15, 0.2) is 72.1 Å². The SMILES string of the molecule is CCCCOc1ccc(C2C(C#N)=C(N)Oc3cc(OC(=O)C4COc5ccccc5O4)ccc32)cc1OC. The third kappa shape index (κ3) is 5.27. The first-order chi connectivity index (χ1) is 19.0. The number of benzene rings is 3. The van der Waals surface area contributed by atoms with Gasteiger partial charge in [-0.15, -0.1) is 0 Å². The minimum absolute atomic E-state index is 0.0265. The van der Waals surface area contributed by atoms with Crippen LogP contribution < -0.4 is 34.2 Å². The Morgan fingerprint density at radius 1 is 1.08 bits per heavy atom. The Hall–Kier alpha value is -4.84. The van der Waals surface area contributed by atoms with E-state index in [0.717, 1.165) is 18.4 Å². The lowest BCUT2D eigenvalue weighted by Crippen LogP contribution is -2.39. The van der Waals surface area contributed by atoms with E-state index in [1.165, 1.54) is 0 Å². The normalized spacial score (nSPS) is 17.4. The number of esters is 1. The van der Waals surface area contributed by atoms with Crippen LogP contribution in [0.25, 0.3) is 0 Å². The van der Waals surface area contributed by atoms with Crippen molar-refractivity contribution < 1.29 is 33.2 Å². The first kappa shape index (κ1) is 25.8. The van der Waals surface area contributed by atoms with Gasteiger partial charge in [-0.3, -0.25) is 0 Å². The number of hydrogen-bond donors (Lipinski definition) is 1. The molecule has 3 aromatic carbocycles. The number of methoxy groups -OCH3 is 1. The third-order valence-electron chi connectivity index (χ3n) is 6.46. The van der Waals surface area contributed by atoms with E-state index in [9.17, 15) is 10.1 Å². The van der Waals surface area contributed by atoms with Gasteiger partial charge in [-0.25, -0.2) is 4.79 Å². The monoisotopic (exact) mass is 528 g/mol. The van der Waals surface area contributed by atoms with Crippen LogP contribution in [0.2, 0.25) is 0 Å². The van der Waals surface area contributed by atoms with Crippen molar-refractivity contribution in [3.63, 3.8) is 0 Å². The quantitative estimate of drug-likeness (QED) is 0.249. The molecule has 2 unspecified atom stereocenters. The van der Waals surface area contributed by atoms with E-state index in [0.29, 0.717) is 40.9 Å². The molecule has 0 spiro atoms. The third-order valence-corrected chi connectivity index (χ3v) is 6.46. The highest BCUT2D eigenvalue weighted by atomic mass is 16.6. The number of allylic oxidation sites excluding steroid dienone is 1. The van der Waals surface area contributed by atoms with Crippen molar-refractivity contribution in [2.45, 2.75) is 31.8 Å². The van der Waals surface area contributed by atoms with E-state index in [1.54, 1.807) is 43.5 Å². The summed E-state index contributed by atoms with van der Waals surface area (Å²) in [6.45, 7) is 2.70. The van der Waals surface area contributed by atoms with Gasteiger partial charge in [0.25, 0.3) is 0 Å². The molecule has 3 aromatic rings. The number of para-hydroxylation sites is 2. The van der Waals surface area contributed by atoms with E-state index in [2.05, 4.69) is 13.0 Å². The number of carbonyl (C=O) groups is 1. The number of hydrogen-bond acceptors (Lipinski definition) is 9. The molecule has 0 fully saturated rings. The van der Waals surface area contributed by atoms with Gasteiger partial charge >= 0.3 is 5.97 Å². The first-order valence-corrected chi connectivity index (χ1v) is 12.6. The number of carbonyl (C=O) groups excluding carboxylic acids is 1. The Balaban J connectivity index is 1.39. The van der Waals surface area contributed by atoms with Crippen molar-refractivity contribution in [3.8, 4) is 40.6 Å². The van der Waals surface area contributed by atoms with Crippen molar-refractivity contribution in [2.75, 3.05) is 20.3 Å². The molecule has 0 radical (unpaired) electrons. The van der Waals surface area contributed by atoms with E-state index >= 15 is 0 Å². The molecule has 0 bridgehead atoms. The molecule has 2 aliphatic heterocycles. The standard InChI is InChI=1S/C30H28N2O7/c1-3-4-13-35-23-12-9-18(14-26(23)34-2)28-20-11-10-19(15-25(20)39-29(32)21(28)16-31)37-30(33)27-17-36-22-7-5-6-8-24(22)38-27/h5-12,14-15,27-28H,3-4,13,17,32H2,1-2H3. The number of nitriles is 1. The molecule has 2 aliphatic rings. The lowest BCUT2D eigenvalue weighted by Gasteiger charge is -2.27. The van der Waals surface area contributed by atoms with Crippen LogP contribution >= 0.6 is 0 Å². The average molecular weight is 529 g/mol. The summed E-state index contributed by atoms with van der Waals surface area (Å²) in [5, 5.41) is 9.91. The molecule has 2 atom stereocenters. The number of unbranched alkanes of at least 4 members (excludes halogenated alkanes) is 1. The zero-order valence-electron chi connectivity index (χ0n) is 21.6. The van der Waals surface area contributed by atoms with Gasteiger partial charge in [0.15, 0.2) is 23.0 Å². The van der Waals surface area contributed by atoms with Crippen molar-refractivity contribution in [1.29, 1.82) is 5.26 Å². The minimum Gasteiger partial charge on any atom is -0.493 e. The van der Waals surface area contributed by atoms with Gasteiger partial charge in [-0.1, -0.05) is 37.6 Å². The van der Waals surface area contributed by atoms with Crippen LogP contribution in [0.4, 0.5) is 0 Å². The topological polar surface area (TPSA) is 122 Å². The van der Waals surface area contributed by atoms with Gasteiger partial charge in [-0.05, 0) is 42.3 Å². The van der Waals surface area contributed by atoms with Crippen LogP contribution in [-0.2, 0) is 4.79 Å². The summed E-state index contributed by atoms with van der Waals surface area (Å²) in [6, 6.07) is 19.8. The Kier molecular flexibility index (Phi) is 7.46. The molecule has 0 amide bonds. The van der Waals surface area contributed by atoms with Gasteiger partial charge in [-0.2, -0.15) is 5.26 Å². The predicted molar refractivity (Wildman–Crippen MR) is 141 cm³/mol. The number of fused-ring (bicyclic) bond motifs is 2. The minimum atomic E-state index is -0.926. The molecular formula is C30H28N2O7. The lowest BCUT2D eigenvalue weighted by atomic mass is 9.83. The summed E-state index contributed by atoms with van der Waals surface area (Å²) in [6.07, 6.45) is 1.02. The Morgan fingerprint density at radius 3 is 2.67 bits per heavy atom. The average Bonchev–Trinajstić information content (AvgIpc) is 2.96. The zero-order chi connectivity index (χ0) is 27.4. The molecule has 0 aromatic heterocycles. The Labute approximate surface area is 226 Å². The van der Waals surface area contributed by atoms with Crippen molar-refractivity contribution in [1.82, 2.24) is 0 Å². The molecule has 0 saturated heterocycles. The molecule has 39 heavy (non-hydrogen) atoms. The second kappa shape index (κ2) is 11.3. The van der Waals surface area contributed by atoms with Crippen molar-refractivity contribution in [3.05, 3.63) is 83.2 Å². The summed E-state index contributed by atoms with van der Waals surface area (Å²) in [5.74, 6) is 1.67. The fourth-order valence-electron chi connectivity index (χ4n) is 4.47. The fraction of sp³-hybridized carbons (Fsp3) is 0.267. The maximum atomic E-state index is 12.8. The number of rotatable bonds is 8. The van der Waals surface area contributed by atoms with Gasteiger partial charge in [0.1, 0.15) is 29.7 Å². The molecule has 9 heteroatoms. The number of nitrogens with two attached hydrogens (primary N) is 1. The summed E-state index contributed by atoms with van der Waals surface area (Å²) >= 11 is 0. The highest BCUT2D eigenvalue weighted by Gasteiger charge is 2.33. The van der Waals surface area contributed by atoms with E-state index in [4.69, 9.17) is 34.2 Å². The smallest absolute Gasteiger partial charge is 0.356 e. The lowest BCUT2D eigenvalue weighted by molar-refractivity contribution is -0.144. The van der Waals surface area contributed by atoms with E-state index < -0.39 is 18.0 Å². The summed E-state index contributed by atoms with van der Waals surface area (Å²) in [5.41, 5.74) is 7.89. The maximum Gasteiger partial charge on any atom is 0.356 e. The van der Waals surface area contributed by atoms with Crippen molar-refractivity contribution >= 4 is 5.97 Å².